The molecule has 3 N–H and O–H groups in total. The third-order valence-corrected chi connectivity index (χ3v) is 1.64. The summed E-state index contributed by atoms with van der Waals surface area (Å²) in [5.74, 6) is -0.774. The molecule has 0 spiro atoms. The Labute approximate surface area is 56.8 Å². The van der Waals surface area contributed by atoms with Crippen molar-refractivity contribution in [2.45, 2.75) is 18.9 Å². The highest BCUT2D eigenvalue weighted by Gasteiger charge is 2.01. The van der Waals surface area contributed by atoms with E-state index in [0.717, 1.165) is 6.16 Å². The van der Waals surface area contributed by atoms with Crippen LogP contribution in [0.2, 0.25) is 0 Å². The molecule has 0 aromatic rings. The molecule has 0 aromatic carbocycles. The second-order valence-corrected chi connectivity index (χ2v) is 2.40. The fourth-order valence-electron chi connectivity index (χ4n) is 0.427. The van der Waals surface area contributed by atoms with Gasteiger partial charge in [0.25, 0.3) is 0 Å². The first kappa shape index (κ1) is 8.86. The lowest BCUT2D eigenvalue weighted by Crippen LogP contribution is -2.22. The van der Waals surface area contributed by atoms with Crippen molar-refractivity contribution < 1.29 is 9.90 Å². The molecule has 9 heavy (non-hydrogen) atoms. The minimum atomic E-state index is -0.774. The Morgan fingerprint density at radius 1 is 1.78 bits per heavy atom. The van der Waals surface area contributed by atoms with Crippen LogP contribution in [0, 0.1) is 0 Å². The smallest absolute Gasteiger partial charge is 0.303 e. The van der Waals surface area contributed by atoms with Crippen LogP contribution in [0.1, 0.15) is 12.8 Å². The van der Waals surface area contributed by atoms with E-state index in [1.54, 1.807) is 0 Å². The molecule has 0 aromatic heterocycles. The molecule has 54 valence electrons. The van der Waals surface area contributed by atoms with Gasteiger partial charge in [0.15, 0.2) is 0 Å². The molecule has 0 heterocycles. The van der Waals surface area contributed by atoms with E-state index in [0.29, 0.717) is 6.42 Å². The maximum absolute atomic E-state index is 9.96. The monoisotopic (exact) mass is 149 g/mol. The van der Waals surface area contributed by atoms with Crippen LogP contribution < -0.4 is 5.73 Å². The molecule has 0 aliphatic rings. The predicted molar refractivity (Wildman–Crippen MR) is 39.4 cm³/mol. The number of nitrogens with two attached hydrogens (primary N) is 1. The largest absolute Gasteiger partial charge is 0.481 e. The van der Waals surface area contributed by atoms with Crippen molar-refractivity contribution in [3.8, 4) is 0 Å². The highest BCUT2D eigenvalue weighted by Crippen LogP contribution is 1.97. The first-order valence-electron chi connectivity index (χ1n) is 2.84. The summed E-state index contributed by atoms with van der Waals surface area (Å²) in [6.45, 7) is 0. The van der Waals surface area contributed by atoms with Crippen molar-refractivity contribution >= 4 is 15.2 Å². The van der Waals surface area contributed by atoms with Crippen molar-refractivity contribution in [2.75, 3.05) is 6.16 Å². The van der Waals surface area contributed by atoms with Gasteiger partial charge in [0.1, 0.15) is 0 Å². The Morgan fingerprint density at radius 3 is 2.67 bits per heavy atom. The fraction of sp³-hybridized carbons (Fsp3) is 0.800. The molecule has 1 unspecified atom stereocenters. The third-order valence-electron chi connectivity index (χ3n) is 1.03. The Bertz CT molecular complexity index is 97.0. The molecule has 0 radical (unpaired) electrons. The number of rotatable bonds is 4. The first-order chi connectivity index (χ1) is 4.16. The predicted octanol–water partition coefficient (Wildman–Crippen LogP) is 0.0536. The summed E-state index contributed by atoms with van der Waals surface area (Å²) < 4.78 is 0. The normalized spacial score (nSPS) is 13.1. The van der Waals surface area contributed by atoms with Gasteiger partial charge in [0, 0.05) is 12.5 Å². The standard InChI is InChI=1S/C5H12NO2P/c6-4(3-9)1-2-5(7)8/h4H,1-3,6,9H2,(H,7,8)/t4-/m0/s1. The lowest BCUT2D eigenvalue weighted by atomic mass is 10.2. The average molecular weight is 149 g/mol. The number of carboxylic acids is 1. The average Bonchev–Trinajstić information content (AvgIpc) is 1.83. The second kappa shape index (κ2) is 4.71. The lowest BCUT2D eigenvalue weighted by Gasteiger charge is -2.03. The van der Waals surface area contributed by atoms with Gasteiger partial charge in [0.05, 0.1) is 0 Å². The van der Waals surface area contributed by atoms with Crippen LogP contribution in [0.25, 0.3) is 0 Å². The van der Waals surface area contributed by atoms with E-state index in [4.69, 9.17) is 10.8 Å². The van der Waals surface area contributed by atoms with Gasteiger partial charge in [-0.05, 0) is 12.6 Å². The molecule has 0 rings (SSSR count). The van der Waals surface area contributed by atoms with Gasteiger partial charge >= 0.3 is 5.97 Å². The van der Waals surface area contributed by atoms with Crippen LogP contribution in [-0.2, 0) is 4.79 Å². The molecular formula is C5H12NO2P. The highest BCUT2D eigenvalue weighted by atomic mass is 31.0. The Morgan fingerprint density at radius 2 is 2.33 bits per heavy atom. The highest BCUT2D eigenvalue weighted by molar-refractivity contribution is 7.16. The van der Waals surface area contributed by atoms with Gasteiger partial charge in [-0.1, -0.05) is 0 Å². The van der Waals surface area contributed by atoms with E-state index < -0.39 is 5.97 Å². The fourth-order valence-corrected chi connectivity index (χ4v) is 0.662. The van der Waals surface area contributed by atoms with Gasteiger partial charge in [-0.3, -0.25) is 4.79 Å². The van der Waals surface area contributed by atoms with E-state index in [1.165, 1.54) is 0 Å². The van der Waals surface area contributed by atoms with Gasteiger partial charge in [-0.25, -0.2) is 0 Å². The molecule has 0 aliphatic carbocycles. The van der Waals surface area contributed by atoms with E-state index in [-0.39, 0.29) is 12.5 Å². The van der Waals surface area contributed by atoms with E-state index >= 15 is 0 Å². The minimum Gasteiger partial charge on any atom is -0.481 e. The topological polar surface area (TPSA) is 63.3 Å². The molecule has 0 saturated heterocycles. The molecule has 4 heteroatoms. The zero-order chi connectivity index (χ0) is 7.28. The zero-order valence-corrected chi connectivity index (χ0v) is 6.36. The van der Waals surface area contributed by atoms with Crippen LogP contribution in [0.4, 0.5) is 0 Å². The summed E-state index contributed by atoms with van der Waals surface area (Å²) in [6.07, 6.45) is 1.52. The van der Waals surface area contributed by atoms with E-state index in [1.807, 2.05) is 0 Å². The summed E-state index contributed by atoms with van der Waals surface area (Å²) in [5.41, 5.74) is 5.44. The number of carboxylic acid groups (broad SMARTS) is 1. The van der Waals surface area contributed by atoms with Gasteiger partial charge in [0.2, 0.25) is 0 Å². The van der Waals surface area contributed by atoms with Gasteiger partial charge in [-0.15, -0.1) is 9.24 Å². The van der Waals surface area contributed by atoms with Crippen LogP contribution in [0.5, 0.6) is 0 Å². The number of carbonyl (C=O) groups is 1. The molecule has 0 aliphatic heterocycles. The molecule has 0 amide bonds. The van der Waals surface area contributed by atoms with Crippen molar-refractivity contribution in [3.05, 3.63) is 0 Å². The number of hydrogen-bond donors (Lipinski definition) is 2. The molecule has 2 atom stereocenters. The second-order valence-electron chi connectivity index (χ2n) is 1.93. The van der Waals surface area contributed by atoms with Crippen LogP contribution in [0.3, 0.4) is 0 Å². The van der Waals surface area contributed by atoms with Gasteiger partial charge in [-0.2, -0.15) is 0 Å². The van der Waals surface area contributed by atoms with Crippen molar-refractivity contribution in [3.63, 3.8) is 0 Å². The first-order valence-corrected chi connectivity index (χ1v) is 3.66. The number of hydrogen-bond acceptors (Lipinski definition) is 2. The Balaban J connectivity index is 3.16. The van der Waals surface area contributed by atoms with Crippen LogP contribution >= 0.6 is 9.24 Å². The maximum atomic E-state index is 9.96. The quantitative estimate of drug-likeness (QED) is 0.555. The summed E-state index contributed by atoms with van der Waals surface area (Å²) >= 11 is 0. The third kappa shape index (κ3) is 5.74. The lowest BCUT2D eigenvalue weighted by molar-refractivity contribution is -0.137. The summed E-state index contributed by atoms with van der Waals surface area (Å²) in [4.78, 5) is 9.96. The molecule has 0 saturated carbocycles. The summed E-state index contributed by atoms with van der Waals surface area (Å²) in [7, 11) is 2.48. The zero-order valence-electron chi connectivity index (χ0n) is 5.21. The van der Waals surface area contributed by atoms with Crippen molar-refractivity contribution in [1.29, 1.82) is 0 Å². The van der Waals surface area contributed by atoms with Gasteiger partial charge < -0.3 is 10.8 Å². The molecule has 0 bridgehead atoms. The van der Waals surface area contributed by atoms with E-state index in [9.17, 15) is 4.79 Å². The molecule has 3 nitrogen and oxygen atoms in total. The molecular weight excluding hydrogens is 137 g/mol. The van der Waals surface area contributed by atoms with Crippen LogP contribution in [-0.4, -0.2) is 23.3 Å². The SMILES string of the molecule is N[C@H](CP)CCC(=O)O. The van der Waals surface area contributed by atoms with E-state index in [2.05, 4.69) is 9.24 Å². The van der Waals surface area contributed by atoms with Crippen molar-refractivity contribution in [1.82, 2.24) is 0 Å². The van der Waals surface area contributed by atoms with Crippen molar-refractivity contribution in [2.24, 2.45) is 5.73 Å². The molecule has 0 fully saturated rings. The van der Waals surface area contributed by atoms with Crippen LogP contribution in [0.15, 0.2) is 0 Å². The number of aliphatic carboxylic acids is 1. The Hall–Kier alpha value is -0.140. The summed E-state index contributed by atoms with van der Waals surface area (Å²) in [5, 5.41) is 8.20. The Kier molecular flexibility index (Phi) is 4.64. The maximum Gasteiger partial charge on any atom is 0.303 e. The summed E-state index contributed by atoms with van der Waals surface area (Å²) in [6, 6.07) is 0.0195. The minimum absolute atomic E-state index is 0.0195.